The number of nitrogens with zero attached hydrogens (tertiary/aromatic N) is 2. The van der Waals surface area contributed by atoms with Crippen molar-refractivity contribution < 1.29 is 14.6 Å². The summed E-state index contributed by atoms with van der Waals surface area (Å²) < 4.78 is 7.38. The molecule has 0 aliphatic carbocycles. The fourth-order valence-electron chi connectivity index (χ4n) is 4.46. The number of carbonyl (C=O) groups is 1. The van der Waals surface area contributed by atoms with Crippen LogP contribution in [0.5, 0.6) is 11.5 Å². The number of anilines is 2. The summed E-state index contributed by atoms with van der Waals surface area (Å²) in [5.74, 6) is 0.822. The molecule has 0 bridgehead atoms. The molecular weight excluding hydrogens is 428 g/mol. The molecule has 3 aromatic carbocycles. The molecule has 7 nitrogen and oxygen atoms in total. The number of carbonyl (C=O) groups excluding carboxylic acids is 1. The van der Waals surface area contributed by atoms with Crippen LogP contribution in [0.1, 0.15) is 31.0 Å². The number of methoxy groups -OCH3 is 1. The number of allylic oxidation sites excluding steroid dienone is 1. The van der Waals surface area contributed by atoms with Gasteiger partial charge in [-0.1, -0.05) is 37.3 Å². The summed E-state index contributed by atoms with van der Waals surface area (Å²) in [6, 6.07) is 20.4. The molecule has 0 spiro atoms. The lowest BCUT2D eigenvalue weighted by Gasteiger charge is -2.31. The Labute approximate surface area is 197 Å². The summed E-state index contributed by atoms with van der Waals surface area (Å²) in [5, 5.41) is 16.5. The lowest BCUT2D eigenvalue weighted by atomic mass is 9.94. The molecule has 1 aliphatic rings. The fourth-order valence-corrected chi connectivity index (χ4v) is 4.46. The van der Waals surface area contributed by atoms with Crippen LogP contribution < -0.4 is 15.4 Å². The third-order valence-electron chi connectivity index (χ3n) is 6.21. The number of ether oxygens (including phenoxy) is 1. The SMILES string of the molecule is CCc1ccc(NC(=O)C2=C(C)Nc3nc4ccccc4n3[C@@H]2c2ccc(O)c(OC)c2)cc1. The summed E-state index contributed by atoms with van der Waals surface area (Å²) in [6.07, 6.45) is 0.934. The fraction of sp³-hybridized carbons (Fsp3) is 0.185. The number of para-hydroxylation sites is 2. The van der Waals surface area contributed by atoms with Crippen molar-refractivity contribution in [2.24, 2.45) is 0 Å². The molecule has 1 amide bonds. The molecule has 0 unspecified atom stereocenters. The highest BCUT2D eigenvalue weighted by atomic mass is 16.5. The van der Waals surface area contributed by atoms with Gasteiger partial charge >= 0.3 is 0 Å². The highest BCUT2D eigenvalue weighted by molar-refractivity contribution is 6.06. The average Bonchev–Trinajstić information content (AvgIpc) is 3.21. The van der Waals surface area contributed by atoms with E-state index in [1.807, 2.05) is 66.1 Å². The number of imidazole rings is 1. The normalized spacial score (nSPS) is 15.1. The summed E-state index contributed by atoms with van der Waals surface area (Å²) in [6.45, 7) is 3.97. The minimum Gasteiger partial charge on any atom is -0.504 e. The van der Waals surface area contributed by atoms with Crippen LogP contribution in [0.15, 0.2) is 78.0 Å². The average molecular weight is 455 g/mol. The van der Waals surface area contributed by atoms with E-state index in [1.165, 1.54) is 12.7 Å². The van der Waals surface area contributed by atoms with Gasteiger partial charge in [0.15, 0.2) is 11.5 Å². The maximum absolute atomic E-state index is 13.7. The molecule has 2 heterocycles. The summed E-state index contributed by atoms with van der Waals surface area (Å²) in [4.78, 5) is 18.4. The molecule has 4 aromatic rings. The molecule has 0 saturated heterocycles. The zero-order valence-electron chi connectivity index (χ0n) is 19.3. The number of aromatic hydroxyl groups is 1. The first-order valence-corrected chi connectivity index (χ1v) is 11.2. The van der Waals surface area contributed by atoms with Crippen molar-refractivity contribution in [3.63, 3.8) is 0 Å². The zero-order chi connectivity index (χ0) is 23.8. The van der Waals surface area contributed by atoms with Gasteiger partial charge in [0.2, 0.25) is 5.95 Å². The van der Waals surface area contributed by atoms with E-state index in [2.05, 4.69) is 17.6 Å². The topological polar surface area (TPSA) is 88.4 Å². The highest BCUT2D eigenvalue weighted by Gasteiger charge is 2.34. The van der Waals surface area contributed by atoms with Crippen LogP contribution in [0.4, 0.5) is 11.6 Å². The first-order valence-electron chi connectivity index (χ1n) is 11.2. The zero-order valence-corrected chi connectivity index (χ0v) is 19.3. The van der Waals surface area contributed by atoms with E-state index in [1.54, 1.807) is 12.1 Å². The lowest BCUT2D eigenvalue weighted by molar-refractivity contribution is -0.113. The smallest absolute Gasteiger partial charge is 0.255 e. The van der Waals surface area contributed by atoms with E-state index in [0.717, 1.165) is 28.7 Å². The second kappa shape index (κ2) is 8.59. The molecule has 0 radical (unpaired) electrons. The van der Waals surface area contributed by atoms with Crippen LogP contribution in [0.3, 0.4) is 0 Å². The number of aromatic nitrogens is 2. The maximum Gasteiger partial charge on any atom is 0.255 e. The monoisotopic (exact) mass is 454 g/mol. The Morgan fingerprint density at radius 3 is 2.65 bits per heavy atom. The molecule has 34 heavy (non-hydrogen) atoms. The molecule has 172 valence electrons. The van der Waals surface area contributed by atoms with Crippen LogP contribution in [0.2, 0.25) is 0 Å². The molecule has 3 N–H and O–H groups in total. The van der Waals surface area contributed by atoms with Crippen molar-refractivity contribution in [3.8, 4) is 11.5 Å². The van der Waals surface area contributed by atoms with Crippen LogP contribution in [0, 0.1) is 0 Å². The number of fused-ring (bicyclic) bond motifs is 3. The second-order valence-electron chi connectivity index (χ2n) is 8.30. The molecular formula is C27H26N4O3. The minimum absolute atomic E-state index is 0.0404. The Morgan fingerprint density at radius 2 is 1.91 bits per heavy atom. The Hall–Kier alpha value is -4.26. The lowest BCUT2D eigenvalue weighted by Crippen LogP contribution is -2.30. The number of phenols is 1. The van der Waals surface area contributed by atoms with Crippen LogP contribution >= 0.6 is 0 Å². The number of amides is 1. The summed E-state index contributed by atoms with van der Waals surface area (Å²) >= 11 is 0. The van der Waals surface area contributed by atoms with Crippen molar-refractivity contribution in [1.82, 2.24) is 9.55 Å². The Kier molecular flexibility index (Phi) is 5.45. The van der Waals surface area contributed by atoms with Gasteiger partial charge in [-0.15, -0.1) is 0 Å². The first-order chi connectivity index (χ1) is 16.5. The van der Waals surface area contributed by atoms with Crippen molar-refractivity contribution in [3.05, 3.63) is 89.1 Å². The molecule has 5 rings (SSSR count). The van der Waals surface area contributed by atoms with Crippen LogP contribution in [-0.4, -0.2) is 27.7 Å². The van der Waals surface area contributed by atoms with Crippen LogP contribution in [0.25, 0.3) is 11.0 Å². The molecule has 1 atom stereocenters. The predicted octanol–water partition coefficient (Wildman–Crippen LogP) is 5.24. The van der Waals surface area contributed by atoms with Gasteiger partial charge in [-0.3, -0.25) is 9.36 Å². The van der Waals surface area contributed by atoms with Gasteiger partial charge in [-0.25, -0.2) is 4.98 Å². The number of aryl methyl sites for hydroxylation is 1. The molecule has 0 saturated carbocycles. The molecule has 1 aromatic heterocycles. The van der Waals surface area contributed by atoms with Gasteiger partial charge in [0, 0.05) is 11.4 Å². The van der Waals surface area contributed by atoms with E-state index in [0.29, 0.717) is 23.0 Å². The third-order valence-corrected chi connectivity index (χ3v) is 6.21. The summed E-state index contributed by atoms with van der Waals surface area (Å²) in [5.41, 5.74) is 5.72. The van der Waals surface area contributed by atoms with E-state index < -0.39 is 6.04 Å². The van der Waals surface area contributed by atoms with E-state index in [-0.39, 0.29) is 11.7 Å². The quantitative estimate of drug-likeness (QED) is 0.384. The van der Waals surface area contributed by atoms with E-state index >= 15 is 0 Å². The Bertz CT molecular complexity index is 1420. The number of phenolic OH excluding ortho intramolecular Hbond substituents is 1. The second-order valence-corrected chi connectivity index (χ2v) is 8.30. The van der Waals surface area contributed by atoms with Crippen molar-refractivity contribution in [2.45, 2.75) is 26.3 Å². The van der Waals surface area contributed by atoms with Crippen molar-refractivity contribution in [2.75, 3.05) is 17.7 Å². The number of rotatable bonds is 5. The third kappa shape index (κ3) is 3.65. The standard InChI is InChI=1S/C27H26N4O3/c1-4-17-9-12-19(13-10-17)29-26(33)24-16(2)28-27-30-20-7-5-6-8-21(20)31(27)25(24)18-11-14-22(32)23(15-18)34-3/h5-15,25,32H,4H2,1-3H3,(H,28,30)(H,29,33)/t25-/m1/s1. The molecule has 0 fully saturated rings. The van der Waals surface area contributed by atoms with Gasteiger partial charge in [0.25, 0.3) is 5.91 Å². The minimum atomic E-state index is -0.479. The van der Waals surface area contributed by atoms with Crippen molar-refractivity contribution in [1.29, 1.82) is 0 Å². The summed E-state index contributed by atoms with van der Waals surface area (Å²) in [7, 11) is 1.51. The molecule has 7 heteroatoms. The first kappa shape index (κ1) is 21.6. The number of nitrogens with one attached hydrogen (secondary N) is 2. The van der Waals surface area contributed by atoms with Gasteiger partial charge in [0.05, 0.1) is 29.8 Å². The van der Waals surface area contributed by atoms with Crippen molar-refractivity contribution >= 4 is 28.6 Å². The Balaban J connectivity index is 1.64. The number of hydrogen-bond acceptors (Lipinski definition) is 5. The maximum atomic E-state index is 13.7. The van der Waals surface area contributed by atoms with Gasteiger partial charge in [-0.2, -0.15) is 0 Å². The van der Waals surface area contributed by atoms with Gasteiger partial charge in [0.1, 0.15) is 0 Å². The Morgan fingerprint density at radius 1 is 1.15 bits per heavy atom. The largest absolute Gasteiger partial charge is 0.504 e. The van der Waals surface area contributed by atoms with Crippen LogP contribution in [-0.2, 0) is 11.2 Å². The molecule has 1 aliphatic heterocycles. The van der Waals surface area contributed by atoms with Gasteiger partial charge in [-0.05, 0) is 60.9 Å². The van der Waals surface area contributed by atoms with E-state index in [9.17, 15) is 9.90 Å². The predicted molar refractivity (Wildman–Crippen MR) is 133 cm³/mol. The van der Waals surface area contributed by atoms with E-state index in [4.69, 9.17) is 9.72 Å². The number of hydrogen-bond donors (Lipinski definition) is 3. The highest BCUT2D eigenvalue weighted by Crippen LogP contribution is 2.41. The van der Waals surface area contributed by atoms with Gasteiger partial charge < -0.3 is 20.5 Å². The number of benzene rings is 3.